The fraction of sp³-hybridized carbons (Fsp3) is 0.333. The molecule has 5 rings (SSSR count). The first-order chi connectivity index (χ1) is 16.6. The van der Waals surface area contributed by atoms with Crippen molar-refractivity contribution in [3.8, 4) is 17.2 Å². The van der Waals surface area contributed by atoms with E-state index in [0.717, 1.165) is 37.2 Å². The standard InChI is InChI=1S/C25H24FNO4S.C2H6/c1-29-20-7-6-16-11-23-22-14-25(31-32(28)21-5-3-4-19(26)13-21)24(30-2)12-17(22)8-9-27(23)15-18(16)10-20;1-2/h3-7,10,12-14,23H,8-9,11,15H2,1-2H3;1-2H3. The lowest BCUT2D eigenvalue weighted by Crippen LogP contribution is -2.39. The molecular formula is C27H30FNO4S. The van der Waals surface area contributed by atoms with Crippen LogP contribution in [-0.2, 0) is 30.5 Å². The van der Waals surface area contributed by atoms with Crippen molar-refractivity contribution in [1.29, 1.82) is 0 Å². The SMILES string of the molecule is CC.COc1ccc2c(c1)CN1CCc3cc(OC)c(OS(=O)c4cccc(F)c4)cc3C1C2. The Morgan fingerprint density at radius 1 is 0.941 bits per heavy atom. The van der Waals surface area contributed by atoms with Crippen molar-refractivity contribution < 1.29 is 22.3 Å². The van der Waals surface area contributed by atoms with Crippen LogP contribution in [0.25, 0.3) is 0 Å². The summed E-state index contributed by atoms with van der Waals surface area (Å²) in [6.07, 6.45) is 1.78. The molecule has 0 spiro atoms. The van der Waals surface area contributed by atoms with Crippen LogP contribution in [0.15, 0.2) is 59.5 Å². The van der Waals surface area contributed by atoms with Crippen LogP contribution < -0.4 is 13.7 Å². The number of methoxy groups -OCH3 is 2. The maximum Gasteiger partial charge on any atom is 0.240 e. The van der Waals surface area contributed by atoms with Gasteiger partial charge < -0.3 is 13.7 Å². The summed E-state index contributed by atoms with van der Waals surface area (Å²) in [4.78, 5) is 2.73. The van der Waals surface area contributed by atoms with Gasteiger partial charge in [-0.25, -0.2) is 8.60 Å². The van der Waals surface area contributed by atoms with Crippen molar-refractivity contribution in [2.75, 3.05) is 20.8 Å². The van der Waals surface area contributed by atoms with E-state index in [1.807, 2.05) is 32.0 Å². The van der Waals surface area contributed by atoms with Crippen LogP contribution in [-0.4, -0.2) is 29.9 Å². The molecule has 5 nitrogen and oxygen atoms in total. The van der Waals surface area contributed by atoms with E-state index in [-0.39, 0.29) is 10.9 Å². The van der Waals surface area contributed by atoms with E-state index in [9.17, 15) is 8.60 Å². The van der Waals surface area contributed by atoms with Crippen LogP contribution in [0, 0.1) is 5.82 Å². The summed E-state index contributed by atoms with van der Waals surface area (Å²) in [5, 5.41) is 0. The third-order valence-corrected chi connectivity index (χ3v) is 7.22. The zero-order valence-corrected chi connectivity index (χ0v) is 20.8. The normalized spacial score (nSPS) is 17.3. The summed E-state index contributed by atoms with van der Waals surface area (Å²) in [5.41, 5.74) is 4.97. The van der Waals surface area contributed by atoms with E-state index in [2.05, 4.69) is 17.0 Å². The van der Waals surface area contributed by atoms with Gasteiger partial charge in [-0.3, -0.25) is 4.90 Å². The lowest BCUT2D eigenvalue weighted by molar-refractivity contribution is 0.160. The molecular weight excluding hydrogens is 453 g/mol. The van der Waals surface area contributed by atoms with Crippen molar-refractivity contribution in [3.63, 3.8) is 0 Å². The minimum Gasteiger partial charge on any atom is -0.497 e. The second-order valence-electron chi connectivity index (χ2n) is 8.05. The Hall–Kier alpha value is -2.90. The number of hydrogen-bond donors (Lipinski definition) is 0. The molecule has 0 N–H and O–H groups in total. The van der Waals surface area contributed by atoms with Gasteiger partial charge in [-0.2, -0.15) is 0 Å². The fourth-order valence-electron chi connectivity index (χ4n) is 4.62. The van der Waals surface area contributed by atoms with E-state index in [1.54, 1.807) is 20.3 Å². The van der Waals surface area contributed by atoms with Crippen LogP contribution in [0.4, 0.5) is 4.39 Å². The van der Waals surface area contributed by atoms with E-state index in [0.29, 0.717) is 11.5 Å². The molecule has 0 saturated heterocycles. The first-order valence-electron chi connectivity index (χ1n) is 11.5. The third-order valence-electron chi connectivity index (χ3n) is 6.25. The molecule has 0 saturated carbocycles. The molecule has 34 heavy (non-hydrogen) atoms. The Bertz CT molecular complexity index is 1200. The number of hydrogen-bond acceptors (Lipinski definition) is 5. The highest BCUT2D eigenvalue weighted by Gasteiger charge is 2.33. The van der Waals surface area contributed by atoms with Crippen LogP contribution in [0.1, 0.15) is 42.1 Å². The Balaban J connectivity index is 0.00000133. The van der Waals surface area contributed by atoms with E-state index in [4.69, 9.17) is 13.7 Å². The summed E-state index contributed by atoms with van der Waals surface area (Å²) in [6, 6.07) is 16.0. The summed E-state index contributed by atoms with van der Waals surface area (Å²) in [5.74, 6) is 1.35. The van der Waals surface area contributed by atoms with E-state index >= 15 is 0 Å². The summed E-state index contributed by atoms with van der Waals surface area (Å²) >= 11 is -1.85. The third kappa shape index (κ3) is 4.81. The highest BCUT2D eigenvalue weighted by molar-refractivity contribution is 7.80. The molecule has 0 aromatic heterocycles. The Labute approximate surface area is 203 Å². The van der Waals surface area contributed by atoms with Crippen LogP contribution in [0.3, 0.4) is 0 Å². The highest BCUT2D eigenvalue weighted by atomic mass is 32.2. The lowest BCUT2D eigenvalue weighted by Gasteiger charge is -2.41. The van der Waals surface area contributed by atoms with Crippen molar-refractivity contribution in [2.24, 2.45) is 0 Å². The molecule has 0 amide bonds. The maximum atomic E-state index is 13.6. The van der Waals surface area contributed by atoms with Gasteiger partial charge in [0.15, 0.2) is 11.5 Å². The Kier molecular flexibility index (Phi) is 7.54. The minimum absolute atomic E-state index is 0.204. The van der Waals surface area contributed by atoms with Gasteiger partial charge >= 0.3 is 0 Å². The second kappa shape index (κ2) is 10.6. The van der Waals surface area contributed by atoms with Crippen LogP contribution in [0.2, 0.25) is 0 Å². The molecule has 2 heterocycles. The first-order valence-corrected chi connectivity index (χ1v) is 12.6. The molecule has 0 aliphatic carbocycles. The maximum absolute atomic E-state index is 13.6. The van der Waals surface area contributed by atoms with Gasteiger partial charge in [0.05, 0.1) is 19.1 Å². The molecule has 2 unspecified atom stereocenters. The molecule has 2 aliphatic heterocycles. The quantitative estimate of drug-likeness (QED) is 0.471. The predicted octanol–water partition coefficient (Wildman–Crippen LogP) is 5.63. The molecule has 0 fully saturated rings. The fourth-order valence-corrected chi connectivity index (χ4v) is 5.41. The first kappa shape index (κ1) is 24.2. The topological polar surface area (TPSA) is 48.0 Å². The number of rotatable bonds is 5. The molecule has 3 aromatic carbocycles. The lowest BCUT2D eigenvalue weighted by atomic mass is 9.84. The van der Waals surface area contributed by atoms with Gasteiger partial charge in [0, 0.05) is 19.1 Å². The Morgan fingerprint density at radius 2 is 1.76 bits per heavy atom. The predicted molar refractivity (Wildman–Crippen MR) is 131 cm³/mol. The highest BCUT2D eigenvalue weighted by Crippen LogP contribution is 2.43. The van der Waals surface area contributed by atoms with Gasteiger partial charge in [0.1, 0.15) is 11.6 Å². The van der Waals surface area contributed by atoms with E-state index in [1.165, 1.54) is 34.9 Å². The molecule has 0 radical (unpaired) electrons. The summed E-state index contributed by atoms with van der Waals surface area (Å²) < 4.78 is 43.0. The van der Waals surface area contributed by atoms with Gasteiger partial charge in [-0.15, -0.1) is 0 Å². The van der Waals surface area contributed by atoms with Crippen molar-refractivity contribution in [3.05, 3.63) is 82.7 Å². The van der Waals surface area contributed by atoms with E-state index < -0.39 is 16.9 Å². The monoisotopic (exact) mass is 483 g/mol. The van der Waals surface area contributed by atoms with Crippen molar-refractivity contribution in [2.45, 2.75) is 44.2 Å². The number of halogens is 1. The Morgan fingerprint density at radius 3 is 2.50 bits per heavy atom. The molecule has 2 atom stereocenters. The second-order valence-corrected chi connectivity index (χ2v) is 9.16. The molecule has 180 valence electrons. The average molecular weight is 484 g/mol. The number of fused-ring (bicyclic) bond motifs is 4. The minimum atomic E-state index is -1.85. The van der Waals surface area contributed by atoms with Gasteiger partial charge in [-0.05, 0) is 77.6 Å². The number of ether oxygens (including phenoxy) is 2. The number of benzene rings is 3. The van der Waals surface area contributed by atoms with Crippen molar-refractivity contribution in [1.82, 2.24) is 4.90 Å². The largest absolute Gasteiger partial charge is 0.497 e. The molecule has 2 aliphatic rings. The summed E-state index contributed by atoms with van der Waals surface area (Å²) in [6.45, 7) is 5.81. The van der Waals surface area contributed by atoms with Gasteiger partial charge in [0.2, 0.25) is 11.1 Å². The van der Waals surface area contributed by atoms with Gasteiger partial charge in [0.25, 0.3) is 0 Å². The van der Waals surface area contributed by atoms with Crippen LogP contribution in [0.5, 0.6) is 17.2 Å². The number of nitrogens with zero attached hydrogens (tertiary/aromatic N) is 1. The zero-order chi connectivity index (χ0) is 24.2. The molecule has 0 bridgehead atoms. The molecule has 7 heteroatoms. The van der Waals surface area contributed by atoms with Crippen LogP contribution >= 0.6 is 0 Å². The smallest absolute Gasteiger partial charge is 0.240 e. The van der Waals surface area contributed by atoms with Gasteiger partial charge in [-0.1, -0.05) is 26.0 Å². The average Bonchev–Trinajstić information content (AvgIpc) is 2.88. The van der Waals surface area contributed by atoms with Crippen molar-refractivity contribution >= 4 is 11.1 Å². The zero-order valence-electron chi connectivity index (χ0n) is 20.0. The molecule has 3 aromatic rings. The summed E-state index contributed by atoms with van der Waals surface area (Å²) in [7, 11) is 3.26.